The van der Waals surface area contributed by atoms with Crippen LogP contribution in [0.5, 0.6) is 0 Å². The molecule has 0 radical (unpaired) electrons. The summed E-state index contributed by atoms with van der Waals surface area (Å²) in [6.07, 6.45) is 0. The Hall–Kier alpha value is -3.32. The minimum absolute atomic E-state index is 0.240. The van der Waals surface area contributed by atoms with E-state index in [1.165, 1.54) is 29.5 Å². The van der Waals surface area contributed by atoms with Gasteiger partial charge in [0.2, 0.25) is 5.13 Å². The Morgan fingerprint density at radius 1 is 1.11 bits per heavy atom. The molecule has 0 aliphatic carbocycles. The van der Waals surface area contributed by atoms with Crippen molar-refractivity contribution < 1.29 is 9.18 Å². The fourth-order valence-electron chi connectivity index (χ4n) is 2.66. The van der Waals surface area contributed by atoms with Crippen LogP contribution >= 0.6 is 11.3 Å². The van der Waals surface area contributed by atoms with Crippen molar-refractivity contribution in [3.8, 4) is 16.4 Å². The van der Waals surface area contributed by atoms with Crippen molar-refractivity contribution in [1.82, 2.24) is 14.8 Å². The lowest BCUT2D eigenvalue weighted by Gasteiger charge is -2.06. The van der Waals surface area contributed by atoms with Gasteiger partial charge in [-0.05, 0) is 25.1 Å². The molecule has 5 nitrogen and oxygen atoms in total. The Balaban J connectivity index is 1.64. The molecular weight excluding hydrogens is 363 g/mol. The summed E-state index contributed by atoms with van der Waals surface area (Å²) in [7, 11) is 0. The van der Waals surface area contributed by atoms with Gasteiger partial charge in [0.15, 0.2) is 0 Å². The van der Waals surface area contributed by atoms with E-state index < -0.39 is 11.7 Å². The highest BCUT2D eigenvalue weighted by molar-refractivity contribution is 7.12. The molecule has 1 N–H and O–H groups in total. The average molecular weight is 378 g/mol. The number of carbonyl (C=O) groups excluding carboxylic acids is 1. The Morgan fingerprint density at radius 3 is 2.70 bits per heavy atom. The van der Waals surface area contributed by atoms with Gasteiger partial charge in [-0.25, -0.2) is 9.37 Å². The molecular formula is C20H15FN4OS. The second-order valence-electron chi connectivity index (χ2n) is 5.93. The minimum atomic E-state index is -0.459. The molecule has 0 aliphatic heterocycles. The zero-order valence-corrected chi connectivity index (χ0v) is 15.2. The predicted octanol–water partition coefficient (Wildman–Crippen LogP) is 4.70. The highest BCUT2D eigenvalue weighted by atomic mass is 32.1. The number of anilines is 1. The van der Waals surface area contributed by atoms with E-state index >= 15 is 0 Å². The molecule has 2 heterocycles. The molecule has 0 fully saturated rings. The van der Waals surface area contributed by atoms with Crippen molar-refractivity contribution in [2.45, 2.75) is 6.92 Å². The van der Waals surface area contributed by atoms with Gasteiger partial charge in [0, 0.05) is 22.6 Å². The summed E-state index contributed by atoms with van der Waals surface area (Å²) < 4.78 is 15.0. The van der Waals surface area contributed by atoms with Gasteiger partial charge in [0.1, 0.15) is 11.6 Å². The second kappa shape index (κ2) is 7.13. The Morgan fingerprint density at radius 2 is 1.93 bits per heavy atom. The van der Waals surface area contributed by atoms with E-state index in [1.807, 2.05) is 42.6 Å². The monoisotopic (exact) mass is 378 g/mol. The smallest absolute Gasteiger partial charge is 0.256 e. The van der Waals surface area contributed by atoms with Crippen molar-refractivity contribution in [2.24, 2.45) is 0 Å². The fourth-order valence-corrected chi connectivity index (χ4v) is 3.45. The number of benzene rings is 2. The molecule has 4 aromatic rings. The number of aromatic nitrogens is 3. The largest absolute Gasteiger partial charge is 0.306 e. The first kappa shape index (κ1) is 17.1. The Bertz CT molecular complexity index is 1100. The molecule has 2 aromatic heterocycles. The molecule has 0 saturated heterocycles. The summed E-state index contributed by atoms with van der Waals surface area (Å²) in [5, 5.41) is 9.79. The summed E-state index contributed by atoms with van der Waals surface area (Å²) in [6.45, 7) is 1.83. The molecule has 27 heavy (non-hydrogen) atoms. The van der Waals surface area contributed by atoms with Crippen LogP contribution in [0.15, 0.2) is 66.0 Å². The van der Waals surface area contributed by atoms with Crippen molar-refractivity contribution in [3.05, 3.63) is 83.1 Å². The number of amides is 1. The molecule has 0 atom stereocenters. The average Bonchev–Trinajstić information content (AvgIpc) is 3.29. The SMILES string of the molecule is Cc1cc(NC(=O)c2cccc(F)c2)n(-c2nc(-c3ccccc3)cs2)n1. The molecule has 0 spiro atoms. The molecule has 0 aliphatic rings. The number of hydrogen-bond donors (Lipinski definition) is 1. The molecule has 1 amide bonds. The standard InChI is InChI=1S/C20H15FN4OS/c1-13-10-18(23-19(26)15-8-5-9-16(21)11-15)25(24-13)20-22-17(12-27-20)14-6-3-2-4-7-14/h2-12H,1H3,(H,23,26). The quantitative estimate of drug-likeness (QED) is 0.560. The van der Waals surface area contributed by atoms with Crippen LogP contribution in [0, 0.1) is 12.7 Å². The van der Waals surface area contributed by atoms with Crippen molar-refractivity contribution in [2.75, 3.05) is 5.32 Å². The topological polar surface area (TPSA) is 59.8 Å². The number of thiazole rings is 1. The van der Waals surface area contributed by atoms with Gasteiger partial charge >= 0.3 is 0 Å². The number of carbonyl (C=O) groups is 1. The number of nitrogens with zero attached hydrogens (tertiary/aromatic N) is 3. The third kappa shape index (κ3) is 3.63. The van der Waals surface area contributed by atoms with E-state index in [-0.39, 0.29) is 5.56 Å². The first-order valence-corrected chi connectivity index (χ1v) is 9.13. The van der Waals surface area contributed by atoms with Crippen LogP contribution in [-0.2, 0) is 0 Å². The zero-order valence-electron chi connectivity index (χ0n) is 14.4. The normalized spacial score (nSPS) is 10.7. The summed E-state index contributed by atoms with van der Waals surface area (Å²) >= 11 is 1.43. The maximum atomic E-state index is 13.4. The van der Waals surface area contributed by atoms with E-state index in [0.717, 1.165) is 17.0 Å². The molecule has 0 saturated carbocycles. The molecule has 134 valence electrons. The maximum Gasteiger partial charge on any atom is 0.256 e. The molecule has 2 aromatic carbocycles. The van der Waals surface area contributed by atoms with Gasteiger partial charge in [-0.3, -0.25) is 4.79 Å². The number of rotatable bonds is 4. The fraction of sp³-hybridized carbons (Fsp3) is 0.0500. The molecule has 0 bridgehead atoms. The first-order chi connectivity index (χ1) is 13.1. The van der Waals surface area contributed by atoms with E-state index in [4.69, 9.17) is 0 Å². The van der Waals surface area contributed by atoms with Gasteiger partial charge < -0.3 is 5.32 Å². The van der Waals surface area contributed by atoms with Crippen LogP contribution in [-0.4, -0.2) is 20.7 Å². The number of aryl methyl sites for hydroxylation is 1. The highest BCUT2D eigenvalue weighted by Crippen LogP contribution is 2.26. The molecule has 0 unspecified atom stereocenters. The summed E-state index contributed by atoms with van der Waals surface area (Å²) in [6, 6.07) is 17.1. The summed E-state index contributed by atoms with van der Waals surface area (Å²) in [4.78, 5) is 17.1. The van der Waals surface area contributed by atoms with Crippen LogP contribution in [0.3, 0.4) is 0 Å². The summed E-state index contributed by atoms with van der Waals surface area (Å²) in [5.41, 5.74) is 2.82. The van der Waals surface area contributed by atoms with E-state index in [2.05, 4.69) is 15.4 Å². The van der Waals surface area contributed by atoms with Gasteiger partial charge in [-0.15, -0.1) is 11.3 Å². The van der Waals surface area contributed by atoms with Crippen LogP contribution in [0.2, 0.25) is 0 Å². The third-order valence-corrected chi connectivity index (χ3v) is 4.72. The van der Waals surface area contributed by atoms with E-state index in [9.17, 15) is 9.18 Å². The number of hydrogen-bond acceptors (Lipinski definition) is 4. The first-order valence-electron chi connectivity index (χ1n) is 8.25. The summed E-state index contributed by atoms with van der Waals surface area (Å²) in [5.74, 6) is -0.383. The van der Waals surface area contributed by atoms with Crippen LogP contribution in [0.4, 0.5) is 10.2 Å². The van der Waals surface area contributed by atoms with E-state index in [1.54, 1.807) is 16.8 Å². The number of nitrogens with one attached hydrogen (secondary N) is 1. The number of halogens is 1. The van der Waals surface area contributed by atoms with Gasteiger partial charge in [0.25, 0.3) is 5.91 Å². The van der Waals surface area contributed by atoms with Crippen LogP contribution in [0.25, 0.3) is 16.4 Å². The lowest BCUT2D eigenvalue weighted by molar-refractivity contribution is 0.102. The van der Waals surface area contributed by atoms with E-state index in [0.29, 0.717) is 10.9 Å². The van der Waals surface area contributed by atoms with Crippen LogP contribution in [0.1, 0.15) is 16.1 Å². The Kier molecular flexibility index (Phi) is 4.52. The minimum Gasteiger partial charge on any atom is -0.306 e. The van der Waals surface area contributed by atoms with Gasteiger partial charge in [-0.1, -0.05) is 36.4 Å². The Labute approximate surface area is 159 Å². The van der Waals surface area contributed by atoms with Crippen molar-refractivity contribution in [1.29, 1.82) is 0 Å². The molecule has 4 rings (SSSR count). The predicted molar refractivity (Wildman–Crippen MR) is 104 cm³/mol. The van der Waals surface area contributed by atoms with Gasteiger partial charge in [-0.2, -0.15) is 9.78 Å². The lowest BCUT2D eigenvalue weighted by Crippen LogP contribution is -2.15. The zero-order chi connectivity index (χ0) is 18.8. The van der Waals surface area contributed by atoms with Crippen molar-refractivity contribution >= 4 is 23.1 Å². The highest BCUT2D eigenvalue weighted by Gasteiger charge is 2.15. The molecule has 7 heteroatoms. The van der Waals surface area contributed by atoms with Crippen molar-refractivity contribution in [3.63, 3.8) is 0 Å². The second-order valence-corrected chi connectivity index (χ2v) is 6.77. The van der Waals surface area contributed by atoms with Gasteiger partial charge in [0.05, 0.1) is 11.4 Å². The lowest BCUT2D eigenvalue weighted by atomic mass is 10.2. The van der Waals surface area contributed by atoms with Crippen LogP contribution < -0.4 is 5.32 Å². The third-order valence-electron chi connectivity index (χ3n) is 3.90. The maximum absolute atomic E-state index is 13.4.